The number of nitrogens with zero attached hydrogens (tertiary/aromatic N) is 2. The average molecular weight is 342 g/mol. The van der Waals surface area contributed by atoms with E-state index in [1.165, 1.54) is 18.3 Å². The number of halogens is 1. The van der Waals surface area contributed by atoms with Crippen LogP contribution >= 0.6 is 0 Å². The maximum absolute atomic E-state index is 13.5. The number of carbonyl (C=O) groups excluding carboxylic acids is 1. The standard InChI is InChI=1S/C18H19FN4O2/c1-11-15(23-18(20)25-11)9-6-12-4-7-13(8-5-12)22-17(24)14-3-2-10-21-16(14)19/h2-5,7-8,10-11,15H,6,9H2,1H3,(H2,20,23)(H,22,24)/t11-,15?/m0/s1. The Labute approximate surface area is 144 Å². The minimum absolute atomic E-state index is 0.00654. The predicted molar refractivity (Wildman–Crippen MR) is 92.9 cm³/mol. The molecule has 2 heterocycles. The van der Waals surface area contributed by atoms with Gasteiger partial charge in [0.2, 0.25) is 5.95 Å². The summed E-state index contributed by atoms with van der Waals surface area (Å²) in [6.45, 7) is 1.95. The van der Waals surface area contributed by atoms with E-state index < -0.39 is 11.9 Å². The van der Waals surface area contributed by atoms with Crippen molar-refractivity contribution in [1.29, 1.82) is 0 Å². The van der Waals surface area contributed by atoms with Crippen molar-refractivity contribution in [2.75, 3.05) is 5.32 Å². The number of pyridine rings is 1. The number of amidine groups is 1. The first-order valence-corrected chi connectivity index (χ1v) is 8.03. The molecule has 6 nitrogen and oxygen atoms in total. The van der Waals surface area contributed by atoms with E-state index in [1.54, 1.807) is 12.1 Å². The molecule has 0 aliphatic carbocycles. The first-order chi connectivity index (χ1) is 12.0. The lowest BCUT2D eigenvalue weighted by Crippen LogP contribution is -2.20. The third-order valence-electron chi connectivity index (χ3n) is 4.09. The van der Waals surface area contributed by atoms with Gasteiger partial charge in [-0.15, -0.1) is 0 Å². The summed E-state index contributed by atoms with van der Waals surface area (Å²) in [5.41, 5.74) is 7.18. The molecule has 25 heavy (non-hydrogen) atoms. The van der Waals surface area contributed by atoms with Gasteiger partial charge in [0.05, 0.1) is 11.6 Å². The first-order valence-electron chi connectivity index (χ1n) is 8.03. The van der Waals surface area contributed by atoms with Crippen LogP contribution in [0.1, 0.15) is 29.3 Å². The van der Waals surface area contributed by atoms with E-state index in [2.05, 4.69) is 15.3 Å². The molecular weight excluding hydrogens is 323 g/mol. The van der Waals surface area contributed by atoms with Crippen LogP contribution in [0.5, 0.6) is 0 Å². The summed E-state index contributed by atoms with van der Waals surface area (Å²) >= 11 is 0. The largest absolute Gasteiger partial charge is 0.460 e. The molecule has 0 radical (unpaired) electrons. The van der Waals surface area contributed by atoms with Gasteiger partial charge in [0.25, 0.3) is 11.9 Å². The third-order valence-corrected chi connectivity index (χ3v) is 4.09. The zero-order valence-corrected chi connectivity index (χ0v) is 13.8. The molecule has 0 saturated carbocycles. The van der Waals surface area contributed by atoms with Crippen molar-refractivity contribution in [1.82, 2.24) is 4.98 Å². The highest BCUT2D eigenvalue weighted by molar-refractivity contribution is 6.04. The molecule has 1 aliphatic rings. The molecule has 0 bridgehead atoms. The van der Waals surface area contributed by atoms with Crippen molar-refractivity contribution in [2.24, 2.45) is 10.7 Å². The van der Waals surface area contributed by atoms with Crippen LogP contribution in [0.4, 0.5) is 10.1 Å². The van der Waals surface area contributed by atoms with Gasteiger partial charge >= 0.3 is 0 Å². The molecule has 2 atom stereocenters. The van der Waals surface area contributed by atoms with Gasteiger partial charge < -0.3 is 15.8 Å². The summed E-state index contributed by atoms with van der Waals surface area (Å²) in [7, 11) is 0. The van der Waals surface area contributed by atoms with Gasteiger partial charge in [-0.3, -0.25) is 4.79 Å². The van der Waals surface area contributed by atoms with Crippen LogP contribution in [0, 0.1) is 5.95 Å². The van der Waals surface area contributed by atoms with Crippen molar-refractivity contribution in [3.05, 3.63) is 59.7 Å². The number of aromatic nitrogens is 1. The fourth-order valence-electron chi connectivity index (χ4n) is 2.69. The summed E-state index contributed by atoms with van der Waals surface area (Å²) in [5.74, 6) is -1.32. The topological polar surface area (TPSA) is 89.6 Å². The van der Waals surface area contributed by atoms with E-state index in [0.29, 0.717) is 5.69 Å². The molecule has 0 spiro atoms. The number of aryl methyl sites for hydroxylation is 1. The number of hydrogen-bond acceptors (Lipinski definition) is 5. The summed E-state index contributed by atoms with van der Waals surface area (Å²) in [5, 5.41) is 2.66. The van der Waals surface area contributed by atoms with Gasteiger partial charge in [-0.2, -0.15) is 4.39 Å². The summed E-state index contributed by atoms with van der Waals surface area (Å²) in [6.07, 6.45) is 2.94. The van der Waals surface area contributed by atoms with Crippen LogP contribution in [0.3, 0.4) is 0 Å². The lowest BCUT2D eigenvalue weighted by Gasteiger charge is -2.12. The normalized spacial score (nSPS) is 19.2. The predicted octanol–water partition coefficient (Wildman–Crippen LogP) is 2.51. The number of rotatable bonds is 5. The van der Waals surface area contributed by atoms with E-state index in [9.17, 15) is 9.18 Å². The second-order valence-corrected chi connectivity index (χ2v) is 5.89. The highest BCUT2D eigenvalue weighted by Crippen LogP contribution is 2.19. The lowest BCUT2D eigenvalue weighted by molar-refractivity contribution is 0.102. The number of ether oxygens (including phenoxy) is 1. The Morgan fingerprint density at radius 2 is 2.08 bits per heavy atom. The minimum Gasteiger partial charge on any atom is -0.460 e. The molecule has 1 amide bonds. The molecule has 7 heteroatoms. The molecule has 1 aromatic carbocycles. The summed E-state index contributed by atoms with van der Waals surface area (Å²) < 4.78 is 18.8. The summed E-state index contributed by atoms with van der Waals surface area (Å²) in [4.78, 5) is 19.8. The maximum atomic E-state index is 13.5. The number of amides is 1. The maximum Gasteiger partial charge on any atom is 0.282 e. The van der Waals surface area contributed by atoms with Crippen LogP contribution in [-0.4, -0.2) is 29.1 Å². The lowest BCUT2D eigenvalue weighted by atomic mass is 10.0. The molecular formula is C18H19FN4O2. The van der Waals surface area contributed by atoms with E-state index in [0.717, 1.165) is 18.4 Å². The fraction of sp³-hybridized carbons (Fsp3) is 0.278. The van der Waals surface area contributed by atoms with Crippen molar-refractivity contribution >= 4 is 17.6 Å². The highest BCUT2D eigenvalue weighted by atomic mass is 19.1. The molecule has 3 rings (SSSR count). The number of aliphatic imine (C=N–C) groups is 1. The number of benzene rings is 1. The monoisotopic (exact) mass is 342 g/mol. The Morgan fingerprint density at radius 3 is 2.72 bits per heavy atom. The molecule has 0 saturated heterocycles. The molecule has 2 aromatic rings. The Kier molecular flexibility index (Phi) is 4.92. The Hall–Kier alpha value is -2.96. The van der Waals surface area contributed by atoms with Gasteiger partial charge in [-0.05, 0) is 49.6 Å². The molecule has 1 aliphatic heterocycles. The second kappa shape index (κ2) is 7.29. The number of hydrogen-bond donors (Lipinski definition) is 2. The summed E-state index contributed by atoms with van der Waals surface area (Å²) in [6, 6.07) is 10.6. The fourth-order valence-corrected chi connectivity index (χ4v) is 2.69. The van der Waals surface area contributed by atoms with Crippen LogP contribution in [0.2, 0.25) is 0 Å². The Morgan fingerprint density at radius 1 is 1.32 bits per heavy atom. The van der Waals surface area contributed by atoms with Crippen molar-refractivity contribution in [3.8, 4) is 0 Å². The number of anilines is 1. The Balaban J connectivity index is 1.57. The van der Waals surface area contributed by atoms with E-state index >= 15 is 0 Å². The van der Waals surface area contributed by atoms with Crippen molar-refractivity contribution in [2.45, 2.75) is 31.9 Å². The minimum atomic E-state index is -0.788. The quantitative estimate of drug-likeness (QED) is 0.817. The van der Waals surface area contributed by atoms with Crippen LogP contribution in [0.25, 0.3) is 0 Å². The van der Waals surface area contributed by atoms with Crippen LogP contribution in [0.15, 0.2) is 47.6 Å². The number of carbonyl (C=O) groups is 1. The average Bonchev–Trinajstić information content (AvgIpc) is 2.92. The van der Waals surface area contributed by atoms with Gasteiger partial charge in [-0.1, -0.05) is 12.1 Å². The SMILES string of the molecule is C[C@@H]1OC(N)=NC1CCc1ccc(NC(=O)c2cccnc2F)cc1. The van der Waals surface area contributed by atoms with E-state index in [-0.39, 0.29) is 23.7 Å². The van der Waals surface area contributed by atoms with Crippen LogP contribution < -0.4 is 11.1 Å². The zero-order valence-electron chi connectivity index (χ0n) is 13.8. The zero-order chi connectivity index (χ0) is 17.8. The van der Waals surface area contributed by atoms with Crippen molar-refractivity contribution in [3.63, 3.8) is 0 Å². The smallest absolute Gasteiger partial charge is 0.282 e. The number of nitrogens with one attached hydrogen (secondary N) is 1. The van der Waals surface area contributed by atoms with Gasteiger partial charge in [0, 0.05) is 11.9 Å². The van der Waals surface area contributed by atoms with Gasteiger partial charge in [-0.25, -0.2) is 9.98 Å². The molecule has 1 unspecified atom stereocenters. The molecule has 1 aromatic heterocycles. The first kappa shape index (κ1) is 16.9. The van der Waals surface area contributed by atoms with E-state index in [4.69, 9.17) is 10.5 Å². The highest BCUT2D eigenvalue weighted by Gasteiger charge is 2.25. The Bertz CT molecular complexity index is 792. The van der Waals surface area contributed by atoms with Crippen molar-refractivity contribution < 1.29 is 13.9 Å². The van der Waals surface area contributed by atoms with Crippen LogP contribution in [-0.2, 0) is 11.2 Å². The third kappa shape index (κ3) is 4.12. The molecule has 0 fully saturated rings. The number of nitrogens with two attached hydrogens (primary N) is 1. The molecule has 130 valence electrons. The van der Waals surface area contributed by atoms with Gasteiger partial charge in [0.15, 0.2) is 0 Å². The van der Waals surface area contributed by atoms with Gasteiger partial charge in [0.1, 0.15) is 6.10 Å². The van der Waals surface area contributed by atoms with E-state index in [1.807, 2.05) is 19.1 Å². The molecule has 3 N–H and O–H groups in total. The second-order valence-electron chi connectivity index (χ2n) is 5.89.